The van der Waals surface area contributed by atoms with E-state index in [-0.39, 0.29) is 0 Å². The maximum absolute atomic E-state index is 2.41. The summed E-state index contributed by atoms with van der Waals surface area (Å²) in [6.07, 6.45) is 4.63. The lowest BCUT2D eigenvalue weighted by Crippen LogP contribution is -2.39. The van der Waals surface area contributed by atoms with Crippen molar-refractivity contribution in [1.29, 1.82) is 0 Å². The molecule has 11 heavy (non-hydrogen) atoms. The first-order valence-electron chi connectivity index (χ1n) is 4.55. The molecule has 3 atom stereocenters. The Balaban J connectivity index is 2.42. The smallest absolute Gasteiger partial charge is 0.0132 e. The van der Waals surface area contributed by atoms with Crippen LogP contribution in [0.3, 0.4) is 0 Å². The molecule has 0 N–H and O–H groups in total. The van der Waals surface area contributed by atoms with Gasteiger partial charge in [-0.15, -0.1) is 0 Å². The Hall–Kier alpha value is -0.300. The molecular formula is C10H19N. The van der Waals surface area contributed by atoms with E-state index >= 15 is 0 Å². The summed E-state index contributed by atoms with van der Waals surface area (Å²) >= 11 is 0. The third-order valence-electron chi connectivity index (χ3n) is 3.00. The molecule has 0 amide bonds. The minimum atomic E-state index is 0.708. The molecule has 0 saturated heterocycles. The standard InChI is InChI=1S/C10H19N/c1-5-11(4)9(3)10-7-6-8(10)2/h6-10H,5H2,1-4H3. The molecule has 64 valence electrons. The monoisotopic (exact) mass is 153 g/mol. The van der Waals surface area contributed by atoms with E-state index in [0.29, 0.717) is 6.04 Å². The Kier molecular flexibility index (Phi) is 2.72. The predicted octanol–water partition coefficient (Wildman–Crippen LogP) is 2.15. The normalized spacial score (nSPS) is 32.1. The van der Waals surface area contributed by atoms with Crippen LogP contribution in [0, 0.1) is 11.8 Å². The Morgan fingerprint density at radius 1 is 1.45 bits per heavy atom. The van der Waals surface area contributed by atoms with Crippen LogP contribution in [0.2, 0.25) is 0 Å². The van der Waals surface area contributed by atoms with Gasteiger partial charge in [-0.2, -0.15) is 0 Å². The summed E-state index contributed by atoms with van der Waals surface area (Å²) in [6, 6.07) is 0.708. The zero-order chi connectivity index (χ0) is 8.43. The molecule has 0 saturated carbocycles. The number of rotatable bonds is 3. The van der Waals surface area contributed by atoms with Gasteiger partial charge in [-0.25, -0.2) is 0 Å². The average molecular weight is 153 g/mol. The van der Waals surface area contributed by atoms with Gasteiger partial charge in [0.2, 0.25) is 0 Å². The van der Waals surface area contributed by atoms with Crippen LogP contribution in [0.15, 0.2) is 12.2 Å². The van der Waals surface area contributed by atoms with Crippen LogP contribution in [0.25, 0.3) is 0 Å². The maximum Gasteiger partial charge on any atom is 0.0132 e. The molecular weight excluding hydrogens is 134 g/mol. The average Bonchev–Trinajstić information content (AvgIpc) is 2.00. The number of hydrogen-bond acceptors (Lipinski definition) is 1. The molecule has 1 aliphatic rings. The van der Waals surface area contributed by atoms with Gasteiger partial charge >= 0.3 is 0 Å². The van der Waals surface area contributed by atoms with Gasteiger partial charge in [-0.1, -0.05) is 26.0 Å². The van der Waals surface area contributed by atoms with Crippen LogP contribution in [-0.2, 0) is 0 Å². The predicted molar refractivity (Wildman–Crippen MR) is 49.6 cm³/mol. The highest BCUT2D eigenvalue weighted by Crippen LogP contribution is 2.29. The fourth-order valence-corrected chi connectivity index (χ4v) is 1.64. The summed E-state index contributed by atoms with van der Waals surface area (Å²) in [5.41, 5.74) is 0. The first-order chi connectivity index (χ1) is 5.16. The number of nitrogens with zero attached hydrogens (tertiary/aromatic N) is 1. The maximum atomic E-state index is 2.41. The Morgan fingerprint density at radius 3 is 2.36 bits per heavy atom. The molecule has 0 aliphatic heterocycles. The summed E-state index contributed by atoms with van der Waals surface area (Å²) < 4.78 is 0. The van der Waals surface area contributed by atoms with Crippen LogP contribution >= 0.6 is 0 Å². The van der Waals surface area contributed by atoms with E-state index in [1.54, 1.807) is 0 Å². The molecule has 3 unspecified atom stereocenters. The van der Waals surface area contributed by atoms with Crippen molar-refractivity contribution in [2.75, 3.05) is 13.6 Å². The second kappa shape index (κ2) is 3.40. The van der Waals surface area contributed by atoms with Crippen molar-refractivity contribution < 1.29 is 0 Å². The second-order valence-corrected chi connectivity index (χ2v) is 3.64. The molecule has 0 aromatic carbocycles. The quantitative estimate of drug-likeness (QED) is 0.561. The highest BCUT2D eigenvalue weighted by molar-refractivity contribution is 5.10. The Bertz CT molecular complexity index is 151. The Labute approximate surface area is 70.1 Å². The van der Waals surface area contributed by atoms with Gasteiger partial charge < -0.3 is 4.90 Å². The van der Waals surface area contributed by atoms with E-state index in [2.05, 4.69) is 44.9 Å². The summed E-state index contributed by atoms with van der Waals surface area (Å²) in [4.78, 5) is 2.41. The van der Waals surface area contributed by atoms with Crippen molar-refractivity contribution in [1.82, 2.24) is 4.90 Å². The highest BCUT2D eigenvalue weighted by Gasteiger charge is 2.27. The number of allylic oxidation sites excluding steroid dienone is 1. The van der Waals surface area contributed by atoms with Crippen molar-refractivity contribution >= 4 is 0 Å². The zero-order valence-electron chi connectivity index (χ0n) is 8.04. The minimum absolute atomic E-state index is 0.708. The van der Waals surface area contributed by atoms with Crippen molar-refractivity contribution in [3.63, 3.8) is 0 Å². The van der Waals surface area contributed by atoms with Gasteiger partial charge in [-0.3, -0.25) is 0 Å². The van der Waals surface area contributed by atoms with Gasteiger partial charge in [-0.05, 0) is 32.4 Å². The van der Waals surface area contributed by atoms with E-state index in [1.807, 2.05) is 0 Å². The van der Waals surface area contributed by atoms with Crippen molar-refractivity contribution in [2.24, 2.45) is 11.8 Å². The van der Waals surface area contributed by atoms with Crippen molar-refractivity contribution in [3.8, 4) is 0 Å². The second-order valence-electron chi connectivity index (χ2n) is 3.64. The van der Waals surface area contributed by atoms with Crippen LogP contribution in [0.5, 0.6) is 0 Å². The summed E-state index contributed by atoms with van der Waals surface area (Å²) in [6.45, 7) is 7.97. The lowest BCUT2D eigenvalue weighted by atomic mass is 9.78. The van der Waals surface area contributed by atoms with Gasteiger partial charge in [0.1, 0.15) is 0 Å². The van der Waals surface area contributed by atoms with Gasteiger partial charge in [0, 0.05) is 6.04 Å². The SMILES string of the molecule is CCN(C)C(C)C1C=CC1C. The van der Waals surface area contributed by atoms with Crippen LogP contribution in [-0.4, -0.2) is 24.5 Å². The molecule has 0 aromatic heterocycles. The summed E-state index contributed by atoms with van der Waals surface area (Å²) in [5, 5.41) is 0. The molecule has 0 heterocycles. The van der Waals surface area contributed by atoms with Crippen LogP contribution < -0.4 is 0 Å². The fraction of sp³-hybridized carbons (Fsp3) is 0.800. The third kappa shape index (κ3) is 1.64. The highest BCUT2D eigenvalue weighted by atomic mass is 15.1. The van der Waals surface area contributed by atoms with Gasteiger partial charge in [0.05, 0.1) is 0 Å². The molecule has 0 aromatic rings. The molecule has 0 fully saturated rings. The van der Waals surface area contributed by atoms with Crippen molar-refractivity contribution in [3.05, 3.63) is 12.2 Å². The van der Waals surface area contributed by atoms with E-state index < -0.39 is 0 Å². The fourth-order valence-electron chi connectivity index (χ4n) is 1.64. The molecule has 1 aliphatic carbocycles. The molecule has 1 heteroatoms. The van der Waals surface area contributed by atoms with Gasteiger partial charge in [0.25, 0.3) is 0 Å². The van der Waals surface area contributed by atoms with E-state index in [4.69, 9.17) is 0 Å². The third-order valence-corrected chi connectivity index (χ3v) is 3.00. The summed E-state index contributed by atoms with van der Waals surface area (Å²) in [7, 11) is 2.20. The molecule has 1 nitrogen and oxygen atoms in total. The van der Waals surface area contributed by atoms with Gasteiger partial charge in [0.15, 0.2) is 0 Å². The first-order valence-corrected chi connectivity index (χ1v) is 4.55. The summed E-state index contributed by atoms with van der Waals surface area (Å²) in [5.74, 6) is 1.58. The van der Waals surface area contributed by atoms with E-state index in [1.165, 1.54) is 0 Å². The van der Waals surface area contributed by atoms with Crippen LogP contribution in [0.4, 0.5) is 0 Å². The first kappa shape index (κ1) is 8.79. The topological polar surface area (TPSA) is 3.24 Å². The zero-order valence-corrected chi connectivity index (χ0v) is 8.04. The molecule has 0 spiro atoms. The van der Waals surface area contributed by atoms with Crippen LogP contribution in [0.1, 0.15) is 20.8 Å². The lowest BCUT2D eigenvalue weighted by Gasteiger charge is -2.36. The van der Waals surface area contributed by atoms with E-state index in [9.17, 15) is 0 Å². The van der Waals surface area contributed by atoms with E-state index in [0.717, 1.165) is 18.4 Å². The number of hydrogen-bond donors (Lipinski definition) is 0. The van der Waals surface area contributed by atoms with Crippen molar-refractivity contribution in [2.45, 2.75) is 26.8 Å². The minimum Gasteiger partial charge on any atom is -0.303 e. The molecule has 1 rings (SSSR count). The Morgan fingerprint density at radius 2 is 2.09 bits per heavy atom. The molecule has 0 bridgehead atoms. The molecule has 0 radical (unpaired) electrons. The lowest BCUT2D eigenvalue weighted by molar-refractivity contribution is 0.188. The largest absolute Gasteiger partial charge is 0.303 e.